The predicted octanol–water partition coefficient (Wildman–Crippen LogP) is 11.7. The molecule has 0 saturated heterocycles. The van der Waals surface area contributed by atoms with Crippen LogP contribution in [-0.4, -0.2) is 48.8 Å². The molecule has 0 fully saturated rings. The summed E-state index contributed by atoms with van der Waals surface area (Å²) in [5.41, 5.74) is 2.35. The Morgan fingerprint density at radius 2 is 0.619 bits per heavy atom. The summed E-state index contributed by atoms with van der Waals surface area (Å²) in [6.45, 7) is 27.3. The first-order chi connectivity index (χ1) is 18.6. The normalized spacial score (nSPS) is 14.4. The molecular formula is C32H56Cl4N2P2Pd2. The average Bonchev–Trinajstić information content (AvgIpc) is 2.75. The molecule has 42 heavy (non-hydrogen) atoms. The van der Waals surface area contributed by atoms with E-state index in [0.29, 0.717) is 0 Å². The summed E-state index contributed by atoms with van der Waals surface area (Å²) >= 11 is -5.36. The fraction of sp³-hybridized carbons (Fsp3) is 0.625. The van der Waals surface area contributed by atoms with Crippen LogP contribution in [0.15, 0.2) is 48.5 Å². The maximum absolute atomic E-state index is 7.06. The van der Waals surface area contributed by atoms with Gasteiger partial charge in [-0.2, -0.15) is 0 Å². The first-order valence-electron chi connectivity index (χ1n) is 13.9. The maximum atomic E-state index is 7.06. The molecule has 0 unspecified atom stereocenters. The second kappa shape index (κ2) is 15.1. The fourth-order valence-corrected chi connectivity index (χ4v) is 57.1. The summed E-state index contributed by atoms with van der Waals surface area (Å²) in [6, 6.07) is 17.0. The second-order valence-corrected chi connectivity index (χ2v) is 49.2. The van der Waals surface area contributed by atoms with Gasteiger partial charge in [0, 0.05) is 0 Å². The first-order valence-corrected chi connectivity index (χ1v) is 29.9. The van der Waals surface area contributed by atoms with Crippen molar-refractivity contribution < 1.29 is 26.0 Å². The summed E-state index contributed by atoms with van der Waals surface area (Å²) in [5, 5.41) is 0.534. The van der Waals surface area contributed by atoms with Crippen LogP contribution in [0.25, 0.3) is 0 Å². The third-order valence-corrected chi connectivity index (χ3v) is 44.5. The van der Waals surface area contributed by atoms with Gasteiger partial charge in [0.2, 0.25) is 0 Å². The van der Waals surface area contributed by atoms with E-state index in [1.165, 1.54) is 11.4 Å². The third kappa shape index (κ3) is 11.3. The molecule has 0 atom stereocenters. The van der Waals surface area contributed by atoms with Crippen LogP contribution in [0.5, 0.6) is 0 Å². The third-order valence-electron chi connectivity index (χ3n) is 5.63. The van der Waals surface area contributed by atoms with Crippen molar-refractivity contribution in [2.45, 2.75) is 104 Å². The zero-order valence-electron chi connectivity index (χ0n) is 28.6. The summed E-state index contributed by atoms with van der Waals surface area (Å²) in [6.07, 6.45) is -1.04. The molecule has 0 aliphatic rings. The van der Waals surface area contributed by atoms with Crippen LogP contribution in [0.1, 0.15) is 83.1 Å². The van der Waals surface area contributed by atoms with E-state index in [4.69, 9.17) is 38.1 Å². The fourth-order valence-electron chi connectivity index (χ4n) is 4.95. The van der Waals surface area contributed by atoms with Gasteiger partial charge in [-0.15, -0.1) is 0 Å². The topological polar surface area (TPSA) is 6.48 Å². The standard InChI is InChI=1S/2C8H10N.2C8H18P.4ClH.2Pd/c2*1-9(2)8-6-4-3-5-7-8;2*1-7(2,3)9-8(4,5)6;;;;;;/h2*4-7H,1-2H3;2*1-6H3;4*1H;;/q;;2*-1;;;;;2*+3/p-4. The van der Waals surface area contributed by atoms with Crippen molar-refractivity contribution in [1.29, 1.82) is 0 Å². The molecule has 0 aliphatic heterocycles. The Balaban J connectivity index is 0.000000420. The Morgan fingerprint density at radius 3 is 0.762 bits per heavy atom. The SMILES string of the molecule is CN(C)c1cc[c]([Pd]([Cl])([Cl])[P](C(C)(C)C)C(C)(C)C)cc1.CN(C)c1cc[c]([Pd]([Cl])([Cl])[P](C(C)(C)C)C(C)(C)C)cc1. The molecule has 2 aromatic rings. The van der Waals surface area contributed by atoms with Gasteiger partial charge < -0.3 is 0 Å². The van der Waals surface area contributed by atoms with Crippen molar-refractivity contribution in [2.75, 3.05) is 38.0 Å². The van der Waals surface area contributed by atoms with E-state index in [-0.39, 0.29) is 20.6 Å². The van der Waals surface area contributed by atoms with E-state index >= 15 is 0 Å². The van der Waals surface area contributed by atoms with Crippen LogP contribution in [0.3, 0.4) is 0 Å². The predicted molar refractivity (Wildman–Crippen MR) is 197 cm³/mol. The molecule has 0 spiro atoms. The Labute approximate surface area is 283 Å². The van der Waals surface area contributed by atoms with E-state index in [9.17, 15) is 0 Å². The van der Waals surface area contributed by atoms with Gasteiger partial charge in [-0.1, -0.05) is 0 Å². The molecule has 0 amide bonds. The van der Waals surface area contributed by atoms with Gasteiger partial charge in [0.25, 0.3) is 0 Å². The number of hydrogen-bond acceptors (Lipinski definition) is 2. The van der Waals surface area contributed by atoms with Gasteiger partial charge in [0.05, 0.1) is 0 Å². The number of benzene rings is 2. The van der Waals surface area contributed by atoms with Crippen molar-refractivity contribution >= 4 is 69.8 Å². The van der Waals surface area contributed by atoms with E-state index in [1.807, 2.05) is 28.2 Å². The van der Waals surface area contributed by atoms with Crippen molar-refractivity contribution in [1.82, 2.24) is 0 Å². The minimum atomic E-state index is -2.68. The van der Waals surface area contributed by atoms with E-state index < -0.39 is 38.2 Å². The van der Waals surface area contributed by atoms with Gasteiger partial charge in [-0.05, 0) is 0 Å². The zero-order chi connectivity index (χ0) is 33.3. The second-order valence-electron chi connectivity index (χ2n) is 14.5. The van der Waals surface area contributed by atoms with Crippen molar-refractivity contribution in [3.63, 3.8) is 0 Å². The van der Waals surface area contributed by atoms with Crippen LogP contribution in [0.4, 0.5) is 11.4 Å². The number of hydrogen-bond donors (Lipinski definition) is 0. The van der Waals surface area contributed by atoms with Crippen LogP contribution < -0.4 is 17.9 Å². The Morgan fingerprint density at radius 1 is 0.429 bits per heavy atom. The minimum absolute atomic E-state index is 0.133. The summed E-state index contributed by atoms with van der Waals surface area (Å²) < 4.78 is 2.29. The van der Waals surface area contributed by atoms with E-state index in [1.54, 1.807) is 0 Å². The molecule has 0 aliphatic carbocycles. The Kier molecular flexibility index (Phi) is 14.9. The zero-order valence-corrected chi connectivity index (χ0v) is 36.5. The molecule has 0 heterocycles. The molecule has 2 nitrogen and oxygen atoms in total. The van der Waals surface area contributed by atoms with Gasteiger partial charge in [0.15, 0.2) is 0 Å². The molecule has 0 bridgehead atoms. The molecule has 2 rings (SSSR count). The van der Waals surface area contributed by atoms with Gasteiger partial charge in [-0.25, -0.2) is 0 Å². The molecule has 0 N–H and O–H groups in total. The quantitative estimate of drug-likeness (QED) is 0.211. The summed E-state index contributed by atoms with van der Waals surface area (Å²) in [4.78, 5) is 4.18. The number of halogens is 4. The molecule has 0 radical (unpaired) electrons. The molecule has 2 aromatic carbocycles. The van der Waals surface area contributed by atoms with E-state index in [2.05, 4.69) is 141 Å². The number of rotatable bonds is 6. The van der Waals surface area contributed by atoms with Crippen molar-refractivity contribution in [3.05, 3.63) is 48.5 Å². The first kappa shape index (κ1) is 41.4. The van der Waals surface area contributed by atoms with E-state index in [0.717, 1.165) is 8.07 Å². The van der Waals surface area contributed by atoms with Gasteiger partial charge in [-0.3, -0.25) is 0 Å². The van der Waals surface area contributed by atoms with Crippen LogP contribution in [-0.2, 0) is 26.0 Å². The van der Waals surface area contributed by atoms with Crippen LogP contribution >= 0.6 is 50.3 Å². The Hall–Kier alpha value is 1.38. The molecule has 0 saturated carbocycles. The number of nitrogens with zero attached hydrogens (tertiary/aromatic N) is 2. The average molecular weight is 885 g/mol. The van der Waals surface area contributed by atoms with Crippen molar-refractivity contribution in [3.8, 4) is 0 Å². The summed E-state index contributed by atoms with van der Waals surface area (Å²) in [5.74, 6) is 0. The van der Waals surface area contributed by atoms with Crippen molar-refractivity contribution in [2.24, 2.45) is 0 Å². The number of anilines is 2. The van der Waals surface area contributed by atoms with Crippen LogP contribution in [0, 0.1) is 0 Å². The molecule has 10 heteroatoms. The molecule has 0 aromatic heterocycles. The molecular weight excluding hydrogens is 829 g/mol. The van der Waals surface area contributed by atoms with Gasteiger partial charge >= 0.3 is 286 Å². The Bertz CT molecular complexity index is 1010. The van der Waals surface area contributed by atoms with Gasteiger partial charge in [0.1, 0.15) is 0 Å². The monoisotopic (exact) mass is 882 g/mol. The summed E-state index contributed by atoms with van der Waals surface area (Å²) in [7, 11) is 36.4. The molecule has 252 valence electrons. The van der Waals surface area contributed by atoms with Crippen LogP contribution in [0.2, 0.25) is 0 Å².